The zero-order chi connectivity index (χ0) is 18.2. The SMILES string of the molecule is O=C(/C=C/c1cccs1)NC(=S)N(Cc1ccccc1)c1ccccc1. The molecule has 0 bridgehead atoms. The topological polar surface area (TPSA) is 32.3 Å². The minimum absolute atomic E-state index is 0.239. The first-order chi connectivity index (χ1) is 12.7. The van der Waals surface area contributed by atoms with Gasteiger partial charge in [0, 0.05) is 16.6 Å². The largest absolute Gasteiger partial charge is 0.314 e. The molecule has 0 atom stereocenters. The molecule has 0 aliphatic rings. The van der Waals surface area contributed by atoms with Crippen LogP contribution in [0.2, 0.25) is 0 Å². The van der Waals surface area contributed by atoms with Crippen molar-refractivity contribution in [1.29, 1.82) is 0 Å². The number of amides is 1. The molecule has 0 saturated heterocycles. The Balaban J connectivity index is 1.73. The Kier molecular flexibility index (Phi) is 6.30. The lowest BCUT2D eigenvalue weighted by atomic mass is 10.2. The second-order valence-corrected chi connectivity index (χ2v) is 6.92. The average Bonchev–Trinajstić information content (AvgIpc) is 3.19. The van der Waals surface area contributed by atoms with Crippen molar-refractivity contribution in [3.8, 4) is 0 Å². The maximum Gasteiger partial charge on any atom is 0.250 e. The van der Waals surface area contributed by atoms with Crippen molar-refractivity contribution in [2.75, 3.05) is 4.90 Å². The van der Waals surface area contributed by atoms with Gasteiger partial charge in [-0.15, -0.1) is 11.3 Å². The summed E-state index contributed by atoms with van der Waals surface area (Å²) in [5.41, 5.74) is 2.05. The van der Waals surface area contributed by atoms with Crippen molar-refractivity contribution in [1.82, 2.24) is 5.32 Å². The van der Waals surface area contributed by atoms with Crippen molar-refractivity contribution in [2.45, 2.75) is 6.54 Å². The van der Waals surface area contributed by atoms with Crippen LogP contribution in [0, 0.1) is 0 Å². The first-order valence-corrected chi connectivity index (χ1v) is 9.44. The van der Waals surface area contributed by atoms with Crippen molar-refractivity contribution in [3.05, 3.63) is 94.7 Å². The summed E-state index contributed by atoms with van der Waals surface area (Å²) < 4.78 is 0. The van der Waals surface area contributed by atoms with E-state index in [4.69, 9.17) is 12.2 Å². The third kappa shape index (κ3) is 5.12. The van der Waals surface area contributed by atoms with Crippen LogP contribution in [0.15, 0.2) is 84.3 Å². The third-order valence-electron chi connectivity index (χ3n) is 3.67. The Morgan fingerprint density at radius 3 is 2.35 bits per heavy atom. The molecule has 1 aromatic heterocycles. The summed E-state index contributed by atoms with van der Waals surface area (Å²) in [6.07, 6.45) is 3.29. The highest BCUT2D eigenvalue weighted by atomic mass is 32.1. The van der Waals surface area contributed by atoms with E-state index in [0.29, 0.717) is 11.7 Å². The number of rotatable bonds is 5. The number of hydrogen-bond donors (Lipinski definition) is 1. The molecule has 0 fully saturated rings. The van der Waals surface area contributed by atoms with Gasteiger partial charge in [-0.25, -0.2) is 0 Å². The van der Waals surface area contributed by atoms with Crippen LogP contribution in [0.25, 0.3) is 6.08 Å². The van der Waals surface area contributed by atoms with E-state index >= 15 is 0 Å². The molecule has 1 heterocycles. The maximum absolute atomic E-state index is 12.2. The molecular weight excluding hydrogens is 360 g/mol. The van der Waals surface area contributed by atoms with Crippen LogP contribution in [0.1, 0.15) is 10.4 Å². The van der Waals surface area contributed by atoms with Gasteiger partial charge in [0.2, 0.25) is 5.91 Å². The van der Waals surface area contributed by atoms with Gasteiger partial charge in [-0.1, -0.05) is 54.6 Å². The molecule has 0 aliphatic heterocycles. The number of anilines is 1. The van der Waals surface area contributed by atoms with Crippen molar-refractivity contribution in [3.63, 3.8) is 0 Å². The van der Waals surface area contributed by atoms with Gasteiger partial charge in [0.25, 0.3) is 0 Å². The Hall–Kier alpha value is -2.76. The Bertz CT molecular complexity index is 875. The lowest BCUT2D eigenvalue weighted by Gasteiger charge is -2.25. The first-order valence-electron chi connectivity index (χ1n) is 8.15. The monoisotopic (exact) mass is 378 g/mol. The molecule has 0 aliphatic carbocycles. The van der Waals surface area contributed by atoms with E-state index in [1.807, 2.05) is 83.1 Å². The molecule has 0 spiro atoms. The van der Waals surface area contributed by atoms with Crippen LogP contribution >= 0.6 is 23.6 Å². The van der Waals surface area contributed by atoms with Crippen LogP contribution in [-0.2, 0) is 11.3 Å². The van der Waals surface area contributed by atoms with E-state index in [1.165, 1.54) is 6.08 Å². The summed E-state index contributed by atoms with van der Waals surface area (Å²) in [6, 6.07) is 23.8. The summed E-state index contributed by atoms with van der Waals surface area (Å²) in [4.78, 5) is 15.2. The predicted octanol–water partition coefficient (Wildman–Crippen LogP) is 4.87. The number of carbonyl (C=O) groups excluding carboxylic acids is 1. The van der Waals surface area contributed by atoms with E-state index in [2.05, 4.69) is 5.32 Å². The average molecular weight is 379 g/mol. The first kappa shape index (κ1) is 18.0. The van der Waals surface area contributed by atoms with E-state index in [1.54, 1.807) is 17.4 Å². The Morgan fingerprint density at radius 2 is 1.69 bits per heavy atom. The minimum Gasteiger partial charge on any atom is -0.314 e. The van der Waals surface area contributed by atoms with Gasteiger partial charge in [0.1, 0.15) is 0 Å². The van der Waals surface area contributed by atoms with Crippen molar-refractivity contribution < 1.29 is 4.79 Å². The fourth-order valence-corrected chi connectivity index (χ4v) is 3.30. The highest BCUT2D eigenvalue weighted by Crippen LogP contribution is 2.17. The molecule has 3 rings (SSSR count). The number of nitrogens with zero attached hydrogens (tertiary/aromatic N) is 1. The molecule has 3 nitrogen and oxygen atoms in total. The number of carbonyl (C=O) groups is 1. The van der Waals surface area contributed by atoms with Gasteiger partial charge in [0.15, 0.2) is 5.11 Å². The quantitative estimate of drug-likeness (QED) is 0.508. The number of para-hydroxylation sites is 1. The molecular formula is C21H18N2OS2. The summed E-state index contributed by atoms with van der Waals surface area (Å²) in [5, 5.41) is 5.14. The Morgan fingerprint density at radius 1 is 1.00 bits per heavy atom. The lowest BCUT2D eigenvalue weighted by molar-refractivity contribution is -0.115. The highest BCUT2D eigenvalue weighted by molar-refractivity contribution is 7.80. The van der Waals surface area contributed by atoms with Gasteiger partial charge in [0.05, 0.1) is 6.54 Å². The number of hydrogen-bond acceptors (Lipinski definition) is 3. The van der Waals surface area contributed by atoms with Gasteiger partial charge < -0.3 is 4.90 Å². The number of benzene rings is 2. The van der Waals surface area contributed by atoms with Crippen LogP contribution in [0.4, 0.5) is 5.69 Å². The van der Waals surface area contributed by atoms with E-state index in [-0.39, 0.29) is 5.91 Å². The predicted molar refractivity (Wildman–Crippen MR) is 113 cm³/mol. The minimum atomic E-state index is -0.239. The smallest absolute Gasteiger partial charge is 0.250 e. The van der Waals surface area contributed by atoms with Crippen LogP contribution < -0.4 is 10.2 Å². The van der Waals surface area contributed by atoms with Gasteiger partial charge in [-0.05, 0) is 47.4 Å². The fraction of sp³-hybridized carbons (Fsp3) is 0.0476. The van der Waals surface area contributed by atoms with Crippen LogP contribution in [0.3, 0.4) is 0 Å². The number of thiophene rings is 1. The molecule has 130 valence electrons. The third-order valence-corrected chi connectivity index (χ3v) is 4.83. The van der Waals surface area contributed by atoms with Gasteiger partial charge >= 0.3 is 0 Å². The zero-order valence-electron chi connectivity index (χ0n) is 14.0. The van der Waals surface area contributed by atoms with Crippen molar-refractivity contribution >= 4 is 46.3 Å². The molecule has 26 heavy (non-hydrogen) atoms. The molecule has 3 aromatic rings. The standard InChI is InChI=1S/C21H18N2OS2/c24-20(14-13-19-12-7-15-26-19)22-21(25)23(18-10-5-2-6-11-18)16-17-8-3-1-4-9-17/h1-15H,16H2,(H,22,24,25)/b14-13+. The molecule has 1 amide bonds. The van der Waals surface area contributed by atoms with E-state index < -0.39 is 0 Å². The van der Waals surface area contributed by atoms with E-state index in [0.717, 1.165) is 16.1 Å². The molecule has 0 unspecified atom stereocenters. The lowest BCUT2D eigenvalue weighted by Crippen LogP contribution is -2.41. The summed E-state index contributed by atoms with van der Waals surface area (Å²) >= 11 is 7.09. The summed E-state index contributed by atoms with van der Waals surface area (Å²) in [6.45, 7) is 0.582. The Labute approximate surface area is 162 Å². The second kappa shape index (κ2) is 9.08. The van der Waals surface area contributed by atoms with Crippen LogP contribution in [0.5, 0.6) is 0 Å². The molecule has 0 saturated carbocycles. The molecule has 0 radical (unpaired) electrons. The highest BCUT2D eigenvalue weighted by Gasteiger charge is 2.14. The number of nitrogens with one attached hydrogen (secondary N) is 1. The van der Waals surface area contributed by atoms with Crippen molar-refractivity contribution in [2.24, 2.45) is 0 Å². The normalized spacial score (nSPS) is 10.6. The van der Waals surface area contributed by atoms with Crippen LogP contribution in [-0.4, -0.2) is 11.0 Å². The summed E-state index contributed by atoms with van der Waals surface area (Å²) in [5.74, 6) is -0.239. The number of thiocarbonyl (C=S) groups is 1. The molecule has 5 heteroatoms. The van der Waals surface area contributed by atoms with E-state index in [9.17, 15) is 4.79 Å². The fourth-order valence-electron chi connectivity index (χ4n) is 2.41. The maximum atomic E-state index is 12.2. The van der Waals surface area contributed by atoms with Gasteiger partial charge in [-0.3, -0.25) is 10.1 Å². The van der Waals surface area contributed by atoms with Gasteiger partial charge in [-0.2, -0.15) is 0 Å². The molecule has 2 aromatic carbocycles. The second-order valence-electron chi connectivity index (χ2n) is 5.55. The zero-order valence-corrected chi connectivity index (χ0v) is 15.7. The molecule has 1 N–H and O–H groups in total. The summed E-state index contributed by atoms with van der Waals surface area (Å²) in [7, 11) is 0.